The van der Waals surface area contributed by atoms with E-state index in [1.807, 2.05) is 30.3 Å². The molecule has 0 spiro atoms. The van der Waals surface area contributed by atoms with Gasteiger partial charge in [-0.05, 0) is 67.2 Å². The number of carbonyl (C=O) groups excluding carboxylic acids is 1. The third-order valence-electron chi connectivity index (χ3n) is 4.34. The Morgan fingerprint density at radius 1 is 0.900 bits per heavy atom. The molecule has 0 aromatic heterocycles. The zero-order chi connectivity index (χ0) is 21.9. The van der Waals surface area contributed by atoms with Crippen molar-refractivity contribution in [3.05, 3.63) is 54.1 Å². The molecule has 1 amide bonds. The molecule has 0 aliphatic heterocycles. The van der Waals surface area contributed by atoms with Crippen molar-refractivity contribution in [1.82, 2.24) is 5.32 Å². The van der Waals surface area contributed by atoms with Crippen LogP contribution in [-0.4, -0.2) is 24.2 Å². The van der Waals surface area contributed by atoms with Gasteiger partial charge in [0.05, 0.1) is 13.2 Å². The standard InChI is InChI=1S/C24H32N2O3S/c1-17(2)11-13-28-21-9-5-7-19(15-21)23(27)26-24(30)25-20-8-6-10-22(16-20)29-14-12-18(3)4/h5-10,15-18H,11-14H2,1-4H3,(H2,25,26,27,30). The molecule has 2 rings (SSSR count). The zero-order valence-corrected chi connectivity index (χ0v) is 19.1. The predicted molar refractivity (Wildman–Crippen MR) is 126 cm³/mol. The fourth-order valence-corrected chi connectivity index (χ4v) is 2.76. The lowest BCUT2D eigenvalue weighted by atomic mass is 10.1. The Morgan fingerprint density at radius 3 is 2.07 bits per heavy atom. The minimum atomic E-state index is -0.286. The number of carbonyl (C=O) groups is 1. The molecule has 30 heavy (non-hydrogen) atoms. The van der Waals surface area contributed by atoms with Crippen molar-refractivity contribution in [1.29, 1.82) is 0 Å². The largest absolute Gasteiger partial charge is 0.494 e. The minimum absolute atomic E-state index is 0.227. The number of benzene rings is 2. The summed E-state index contributed by atoms with van der Waals surface area (Å²) in [6.45, 7) is 9.91. The first kappa shape index (κ1) is 23.7. The second-order valence-corrected chi connectivity index (χ2v) is 8.43. The third-order valence-corrected chi connectivity index (χ3v) is 4.55. The third kappa shape index (κ3) is 8.82. The molecule has 0 aliphatic carbocycles. The number of hydrogen-bond donors (Lipinski definition) is 2. The van der Waals surface area contributed by atoms with Crippen LogP contribution in [0.3, 0.4) is 0 Å². The van der Waals surface area contributed by atoms with Crippen LogP contribution in [-0.2, 0) is 0 Å². The molecule has 0 atom stereocenters. The lowest BCUT2D eigenvalue weighted by Gasteiger charge is -2.13. The average molecular weight is 429 g/mol. The summed E-state index contributed by atoms with van der Waals surface area (Å²) in [5.74, 6) is 2.31. The molecule has 0 unspecified atom stereocenters. The van der Waals surface area contributed by atoms with Crippen molar-refractivity contribution < 1.29 is 14.3 Å². The summed E-state index contributed by atoms with van der Waals surface area (Å²) in [6, 6.07) is 14.6. The van der Waals surface area contributed by atoms with E-state index in [4.69, 9.17) is 21.7 Å². The highest BCUT2D eigenvalue weighted by Crippen LogP contribution is 2.18. The van der Waals surface area contributed by atoms with Crippen molar-refractivity contribution >= 4 is 28.9 Å². The molecule has 2 N–H and O–H groups in total. The lowest BCUT2D eigenvalue weighted by Crippen LogP contribution is -2.34. The van der Waals surface area contributed by atoms with E-state index in [1.54, 1.807) is 18.2 Å². The first-order valence-corrected chi connectivity index (χ1v) is 10.8. The average Bonchev–Trinajstić information content (AvgIpc) is 2.68. The maximum absolute atomic E-state index is 12.5. The van der Waals surface area contributed by atoms with Gasteiger partial charge in [-0.3, -0.25) is 10.1 Å². The van der Waals surface area contributed by atoms with E-state index in [0.717, 1.165) is 24.3 Å². The van der Waals surface area contributed by atoms with Crippen molar-refractivity contribution in [2.75, 3.05) is 18.5 Å². The Balaban J connectivity index is 1.88. The van der Waals surface area contributed by atoms with E-state index in [-0.39, 0.29) is 11.0 Å². The van der Waals surface area contributed by atoms with Crippen molar-refractivity contribution in [2.45, 2.75) is 40.5 Å². The van der Waals surface area contributed by atoms with Gasteiger partial charge in [0.25, 0.3) is 5.91 Å². The van der Waals surface area contributed by atoms with E-state index < -0.39 is 0 Å². The van der Waals surface area contributed by atoms with E-state index in [9.17, 15) is 4.79 Å². The van der Waals surface area contributed by atoms with Crippen LogP contribution < -0.4 is 20.1 Å². The van der Waals surface area contributed by atoms with E-state index >= 15 is 0 Å². The Kier molecular flexibility index (Phi) is 9.61. The first-order valence-electron chi connectivity index (χ1n) is 10.4. The van der Waals surface area contributed by atoms with Gasteiger partial charge in [-0.1, -0.05) is 39.8 Å². The number of thiocarbonyl (C=S) groups is 1. The second kappa shape index (κ2) is 12.2. The smallest absolute Gasteiger partial charge is 0.257 e. The fourth-order valence-electron chi connectivity index (χ4n) is 2.55. The van der Waals surface area contributed by atoms with Crippen molar-refractivity contribution in [3.63, 3.8) is 0 Å². The summed E-state index contributed by atoms with van der Waals surface area (Å²) in [5, 5.41) is 5.97. The number of anilines is 1. The normalized spacial score (nSPS) is 10.7. The Hall–Kier alpha value is -2.60. The molecule has 6 heteroatoms. The summed E-state index contributed by atoms with van der Waals surface area (Å²) < 4.78 is 11.5. The van der Waals surface area contributed by atoms with Gasteiger partial charge in [0.1, 0.15) is 11.5 Å². The minimum Gasteiger partial charge on any atom is -0.494 e. The van der Waals surface area contributed by atoms with Crippen LogP contribution in [0.5, 0.6) is 11.5 Å². The molecule has 0 heterocycles. The van der Waals surface area contributed by atoms with Crippen LogP contribution in [0.2, 0.25) is 0 Å². The van der Waals surface area contributed by atoms with Gasteiger partial charge in [-0.2, -0.15) is 0 Å². The van der Waals surface area contributed by atoms with Crippen LogP contribution in [0.25, 0.3) is 0 Å². The molecule has 0 saturated heterocycles. The Morgan fingerprint density at radius 2 is 1.47 bits per heavy atom. The Bertz CT molecular complexity index is 837. The van der Waals surface area contributed by atoms with Gasteiger partial charge in [0.2, 0.25) is 0 Å². The number of hydrogen-bond acceptors (Lipinski definition) is 4. The quantitative estimate of drug-likeness (QED) is 0.478. The van der Waals surface area contributed by atoms with E-state index in [0.29, 0.717) is 36.4 Å². The molecule has 0 fully saturated rings. The number of ether oxygens (including phenoxy) is 2. The summed E-state index contributed by atoms with van der Waals surface area (Å²) in [5.41, 5.74) is 1.25. The fraction of sp³-hybridized carbons (Fsp3) is 0.417. The van der Waals surface area contributed by atoms with Gasteiger partial charge < -0.3 is 14.8 Å². The van der Waals surface area contributed by atoms with Gasteiger partial charge in [0.15, 0.2) is 5.11 Å². The number of amides is 1. The summed E-state index contributed by atoms with van der Waals surface area (Å²) >= 11 is 5.29. The molecule has 0 radical (unpaired) electrons. The maximum Gasteiger partial charge on any atom is 0.257 e. The van der Waals surface area contributed by atoms with E-state index in [2.05, 4.69) is 38.3 Å². The van der Waals surface area contributed by atoms with Gasteiger partial charge in [-0.25, -0.2) is 0 Å². The molecular weight excluding hydrogens is 396 g/mol. The van der Waals surface area contributed by atoms with E-state index in [1.165, 1.54) is 0 Å². The number of rotatable bonds is 10. The zero-order valence-electron chi connectivity index (χ0n) is 18.2. The highest BCUT2D eigenvalue weighted by atomic mass is 32.1. The molecular formula is C24H32N2O3S. The highest BCUT2D eigenvalue weighted by Gasteiger charge is 2.10. The highest BCUT2D eigenvalue weighted by molar-refractivity contribution is 7.80. The molecule has 2 aromatic carbocycles. The second-order valence-electron chi connectivity index (χ2n) is 8.03. The Labute approximate surface area is 185 Å². The summed E-state index contributed by atoms with van der Waals surface area (Å²) in [7, 11) is 0. The summed E-state index contributed by atoms with van der Waals surface area (Å²) in [6.07, 6.45) is 1.96. The van der Waals surface area contributed by atoms with Crippen LogP contribution in [0.4, 0.5) is 5.69 Å². The molecule has 5 nitrogen and oxygen atoms in total. The first-order chi connectivity index (χ1) is 14.3. The van der Waals surface area contributed by atoms with Gasteiger partial charge >= 0.3 is 0 Å². The molecule has 0 bridgehead atoms. The summed E-state index contributed by atoms with van der Waals surface area (Å²) in [4.78, 5) is 12.5. The van der Waals surface area contributed by atoms with Crippen LogP contribution in [0.15, 0.2) is 48.5 Å². The van der Waals surface area contributed by atoms with Crippen LogP contribution in [0, 0.1) is 11.8 Å². The topological polar surface area (TPSA) is 59.6 Å². The van der Waals surface area contributed by atoms with Gasteiger partial charge in [0, 0.05) is 17.3 Å². The monoisotopic (exact) mass is 428 g/mol. The lowest BCUT2D eigenvalue weighted by molar-refractivity contribution is 0.0977. The predicted octanol–water partition coefficient (Wildman–Crippen LogP) is 5.66. The van der Waals surface area contributed by atoms with Crippen LogP contribution in [0.1, 0.15) is 50.9 Å². The van der Waals surface area contributed by atoms with Crippen molar-refractivity contribution in [2.24, 2.45) is 11.8 Å². The molecule has 2 aromatic rings. The molecule has 0 aliphatic rings. The van der Waals surface area contributed by atoms with Gasteiger partial charge in [-0.15, -0.1) is 0 Å². The molecule has 162 valence electrons. The molecule has 0 saturated carbocycles. The van der Waals surface area contributed by atoms with Crippen molar-refractivity contribution in [3.8, 4) is 11.5 Å². The maximum atomic E-state index is 12.5. The number of nitrogens with one attached hydrogen (secondary N) is 2. The SMILES string of the molecule is CC(C)CCOc1cccc(NC(=S)NC(=O)c2cccc(OCCC(C)C)c2)c1. The van der Waals surface area contributed by atoms with Crippen LogP contribution >= 0.6 is 12.2 Å².